The van der Waals surface area contributed by atoms with E-state index in [0.29, 0.717) is 24.0 Å². The van der Waals surface area contributed by atoms with Gasteiger partial charge in [0.1, 0.15) is 0 Å². The Hall–Kier alpha value is -1.56. The van der Waals surface area contributed by atoms with E-state index < -0.39 is 6.10 Å². The van der Waals surface area contributed by atoms with Gasteiger partial charge in [0.15, 0.2) is 5.76 Å². The average Bonchev–Trinajstić information content (AvgIpc) is 2.82. The van der Waals surface area contributed by atoms with Gasteiger partial charge in [-0.25, -0.2) is 4.79 Å². The number of carbonyl (C=O) groups excluding carboxylic acids is 1. The lowest BCUT2D eigenvalue weighted by molar-refractivity contribution is 0.146. The Balaban J connectivity index is 2.25. The van der Waals surface area contributed by atoms with Crippen molar-refractivity contribution in [3.63, 3.8) is 0 Å². The van der Waals surface area contributed by atoms with Crippen LogP contribution in [0.4, 0.5) is 4.79 Å². The van der Waals surface area contributed by atoms with Crippen molar-refractivity contribution >= 4 is 6.03 Å². The maximum Gasteiger partial charge on any atom is 0.315 e. The number of nitrogens with one attached hydrogen (secondary N) is 2. The summed E-state index contributed by atoms with van der Waals surface area (Å²) < 4.78 is 5.11. The van der Waals surface area contributed by atoms with Gasteiger partial charge in [-0.2, -0.15) is 0 Å². The average molecular weight is 283 g/mol. The molecule has 1 heterocycles. The number of hydrogen-bond donors (Lipinski definition) is 3. The minimum atomic E-state index is -0.515. The molecule has 0 bridgehead atoms. The van der Waals surface area contributed by atoms with Crippen molar-refractivity contribution in [1.29, 1.82) is 0 Å². The van der Waals surface area contributed by atoms with E-state index in [2.05, 4.69) is 15.8 Å². The molecule has 20 heavy (non-hydrogen) atoms. The van der Waals surface area contributed by atoms with Crippen LogP contribution >= 0.6 is 0 Å². The highest BCUT2D eigenvalue weighted by Gasteiger charge is 2.11. The molecule has 0 aliphatic heterocycles. The van der Waals surface area contributed by atoms with Gasteiger partial charge in [-0.15, -0.1) is 0 Å². The molecule has 6 heteroatoms. The zero-order valence-electron chi connectivity index (χ0n) is 12.6. The zero-order chi connectivity index (χ0) is 15.1. The summed E-state index contributed by atoms with van der Waals surface area (Å²) in [5, 5.41) is 18.9. The Bertz CT molecular complexity index is 416. The molecule has 0 aromatic carbocycles. The molecule has 1 aromatic rings. The Morgan fingerprint density at radius 3 is 2.60 bits per heavy atom. The molecule has 2 amide bonds. The molecular weight excluding hydrogens is 258 g/mol. The monoisotopic (exact) mass is 283 g/mol. The van der Waals surface area contributed by atoms with E-state index in [9.17, 15) is 9.90 Å². The highest BCUT2D eigenvalue weighted by atomic mass is 16.5. The third-order valence-corrected chi connectivity index (χ3v) is 2.83. The van der Waals surface area contributed by atoms with Crippen molar-refractivity contribution in [3.8, 4) is 0 Å². The fraction of sp³-hybridized carbons (Fsp3) is 0.714. The smallest absolute Gasteiger partial charge is 0.315 e. The highest BCUT2D eigenvalue weighted by Crippen LogP contribution is 2.13. The Labute approximate surface area is 119 Å². The molecule has 0 saturated carbocycles. The van der Waals surface area contributed by atoms with Crippen molar-refractivity contribution < 1.29 is 14.4 Å². The number of aromatic nitrogens is 1. The molecular formula is C14H25N3O3. The van der Waals surface area contributed by atoms with Crippen LogP contribution in [0.2, 0.25) is 0 Å². The van der Waals surface area contributed by atoms with E-state index in [1.54, 1.807) is 0 Å². The second-order valence-electron chi connectivity index (χ2n) is 5.72. The first-order valence-electron chi connectivity index (χ1n) is 7.03. The largest absolute Gasteiger partial charge is 0.391 e. The van der Waals surface area contributed by atoms with Crippen LogP contribution in [0.15, 0.2) is 10.6 Å². The van der Waals surface area contributed by atoms with Crippen molar-refractivity contribution in [2.45, 2.75) is 52.7 Å². The SMILES string of the molecule is CC(C)CC(O)CNC(=O)NCc1cc(C(C)C)no1. The van der Waals surface area contributed by atoms with Crippen LogP contribution in [0.25, 0.3) is 0 Å². The summed E-state index contributed by atoms with van der Waals surface area (Å²) in [4.78, 5) is 11.6. The number of nitrogens with zero attached hydrogens (tertiary/aromatic N) is 1. The third kappa shape index (κ3) is 6.06. The first kappa shape index (κ1) is 16.5. The van der Waals surface area contributed by atoms with Crippen LogP contribution in [0, 0.1) is 5.92 Å². The predicted octanol–water partition coefficient (Wildman–Crippen LogP) is 2.00. The summed E-state index contributed by atoms with van der Waals surface area (Å²) in [7, 11) is 0. The fourth-order valence-corrected chi connectivity index (χ4v) is 1.75. The van der Waals surface area contributed by atoms with E-state index in [1.165, 1.54) is 0 Å². The van der Waals surface area contributed by atoms with Gasteiger partial charge in [0.25, 0.3) is 0 Å². The van der Waals surface area contributed by atoms with Crippen molar-refractivity contribution in [1.82, 2.24) is 15.8 Å². The topological polar surface area (TPSA) is 87.4 Å². The number of urea groups is 1. The van der Waals surface area contributed by atoms with Crippen LogP contribution in [-0.2, 0) is 6.54 Å². The molecule has 0 aliphatic rings. The van der Waals surface area contributed by atoms with Crippen molar-refractivity contribution in [2.24, 2.45) is 5.92 Å². The summed E-state index contributed by atoms with van der Waals surface area (Å²) in [5.74, 6) is 1.32. The second kappa shape index (κ2) is 7.89. The molecule has 114 valence electrons. The van der Waals surface area contributed by atoms with Gasteiger partial charge >= 0.3 is 6.03 Å². The first-order valence-corrected chi connectivity index (χ1v) is 7.03. The molecule has 0 spiro atoms. The molecule has 1 unspecified atom stereocenters. The molecule has 6 nitrogen and oxygen atoms in total. The lowest BCUT2D eigenvalue weighted by Gasteiger charge is -2.13. The fourth-order valence-electron chi connectivity index (χ4n) is 1.75. The van der Waals surface area contributed by atoms with Gasteiger partial charge in [0.05, 0.1) is 18.3 Å². The molecule has 0 aliphatic carbocycles. The second-order valence-corrected chi connectivity index (χ2v) is 5.72. The van der Waals surface area contributed by atoms with E-state index in [0.717, 1.165) is 5.69 Å². The molecule has 1 rings (SSSR count). The molecule has 0 saturated heterocycles. The quantitative estimate of drug-likeness (QED) is 0.714. The van der Waals surface area contributed by atoms with Gasteiger partial charge in [-0.1, -0.05) is 32.9 Å². The van der Waals surface area contributed by atoms with Gasteiger partial charge in [-0.05, 0) is 18.3 Å². The Kier molecular flexibility index (Phi) is 6.51. The Morgan fingerprint density at radius 2 is 2.05 bits per heavy atom. The van der Waals surface area contributed by atoms with E-state index in [4.69, 9.17) is 4.52 Å². The van der Waals surface area contributed by atoms with E-state index in [1.807, 2.05) is 33.8 Å². The van der Waals surface area contributed by atoms with Gasteiger partial charge in [0, 0.05) is 12.6 Å². The lowest BCUT2D eigenvalue weighted by Crippen LogP contribution is -2.39. The van der Waals surface area contributed by atoms with Crippen LogP contribution in [-0.4, -0.2) is 28.9 Å². The molecule has 3 N–H and O–H groups in total. The lowest BCUT2D eigenvalue weighted by atomic mass is 10.1. The maximum absolute atomic E-state index is 11.6. The Morgan fingerprint density at radius 1 is 1.35 bits per heavy atom. The predicted molar refractivity (Wildman–Crippen MR) is 76.3 cm³/mol. The third-order valence-electron chi connectivity index (χ3n) is 2.83. The number of carbonyl (C=O) groups is 1. The minimum absolute atomic E-state index is 0.248. The summed E-state index contributed by atoms with van der Waals surface area (Å²) >= 11 is 0. The first-order chi connectivity index (χ1) is 9.38. The van der Waals surface area contributed by atoms with Crippen molar-refractivity contribution in [2.75, 3.05) is 6.54 Å². The van der Waals surface area contributed by atoms with Gasteiger partial charge < -0.3 is 20.3 Å². The number of aliphatic hydroxyl groups is 1. The van der Waals surface area contributed by atoms with Crippen LogP contribution in [0.5, 0.6) is 0 Å². The highest BCUT2D eigenvalue weighted by molar-refractivity contribution is 5.73. The molecule has 1 atom stereocenters. The van der Waals surface area contributed by atoms with Gasteiger partial charge in [0.2, 0.25) is 0 Å². The van der Waals surface area contributed by atoms with E-state index in [-0.39, 0.29) is 19.1 Å². The normalized spacial score (nSPS) is 12.8. The zero-order valence-corrected chi connectivity index (χ0v) is 12.6. The van der Waals surface area contributed by atoms with Crippen LogP contribution in [0.3, 0.4) is 0 Å². The standard InChI is InChI=1S/C14H25N3O3/c1-9(2)5-11(18)7-15-14(19)16-8-12-6-13(10(3)4)17-20-12/h6,9-11,18H,5,7-8H2,1-4H3,(H2,15,16,19). The molecule has 0 radical (unpaired) electrons. The maximum atomic E-state index is 11.6. The van der Waals surface area contributed by atoms with Crippen LogP contribution < -0.4 is 10.6 Å². The summed E-state index contributed by atoms with van der Waals surface area (Å²) in [6, 6.07) is 1.51. The van der Waals surface area contributed by atoms with Crippen molar-refractivity contribution in [3.05, 3.63) is 17.5 Å². The van der Waals surface area contributed by atoms with Gasteiger partial charge in [-0.3, -0.25) is 0 Å². The van der Waals surface area contributed by atoms with Crippen LogP contribution in [0.1, 0.15) is 51.5 Å². The summed E-state index contributed by atoms with van der Waals surface area (Å²) in [6.45, 7) is 8.64. The number of amides is 2. The summed E-state index contributed by atoms with van der Waals surface area (Å²) in [6.07, 6.45) is 0.152. The number of hydrogen-bond acceptors (Lipinski definition) is 4. The minimum Gasteiger partial charge on any atom is -0.391 e. The molecule has 1 aromatic heterocycles. The van der Waals surface area contributed by atoms with E-state index >= 15 is 0 Å². The number of rotatable bonds is 7. The number of aliphatic hydroxyl groups excluding tert-OH is 1. The summed E-state index contributed by atoms with van der Waals surface area (Å²) in [5.41, 5.74) is 0.870. The molecule has 0 fully saturated rings.